The summed E-state index contributed by atoms with van der Waals surface area (Å²) in [6, 6.07) is 5.13. The number of nitrogens with zero attached hydrogens (tertiary/aromatic N) is 2. The molecule has 0 aliphatic carbocycles. The predicted molar refractivity (Wildman–Crippen MR) is 43.0 cm³/mol. The third kappa shape index (κ3) is 2.10. The monoisotopic (exact) mass is 167 g/mol. The minimum absolute atomic E-state index is 0.241. The van der Waals surface area contributed by atoms with Crippen LogP contribution < -0.4 is 5.73 Å². The predicted octanol–water partition coefficient (Wildman–Crippen LogP) is 1.38. The number of anilines is 1. The number of nitrogens with two attached hydrogens (primary N) is 1. The molecule has 0 aromatic carbocycles. The van der Waals surface area contributed by atoms with Gasteiger partial charge in [0.2, 0.25) is 0 Å². The zero-order chi connectivity index (χ0) is 8.27. The SMILES string of the molecule is N#CCc1cc(Cl)cc(N)n1. The molecule has 0 aliphatic rings. The van der Waals surface area contributed by atoms with Crippen molar-refractivity contribution in [2.75, 3.05) is 5.73 Å². The van der Waals surface area contributed by atoms with Gasteiger partial charge in [0, 0.05) is 5.02 Å². The number of nitriles is 1. The summed E-state index contributed by atoms with van der Waals surface area (Å²) in [5, 5.41) is 8.84. The van der Waals surface area contributed by atoms with E-state index in [9.17, 15) is 0 Å². The van der Waals surface area contributed by atoms with Crippen LogP contribution in [0.2, 0.25) is 5.02 Å². The summed E-state index contributed by atoms with van der Waals surface area (Å²) in [5.41, 5.74) is 5.99. The molecule has 0 bridgehead atoms. The van der Waals surface area contributed by atoms with Crippen LogP contribution in [0.15, 0.2) is 12.1 Å². The molecule has 0 saturated heterocycles. The van der Waals surface area contributed by atoms with E-state index in [4.69, 9.17) is 22.6 Å². The van der Waals surface area contributed by atoms with Gasteiger partial charge in [-0.1, -0.05) is 11.6 Å². The molecule has 0 radical (unpaired) electrons. The minimum Gasteiger partial charge on any atom is -0.384 e. The fraction of sp³-hybridized carbons (Fsp3) is 0.143. The largest absolute Gasteiger partial charge is 0.384 e. The van der Waals surface area contributed by atoms with Gasteiger partial charge in [-0.3, -0.25) is 0 Å². The first kappa shape index (κ1) is 7.83. The van der Waals surface area contributed by atoms with Crippen molar-refractivity contribution in [3.63, 3.8) is 0 Å². The highest BCUT2D eigenvalue weighted by Gasteiger charge is 1.97. The molecular weight excluding hydrogens is 162 g/mol. The van der Waals surface area contributed by atoms with Crippen molar-refractivity contribution in [1.82, 2.24) is 4.98 Å². The van der Waals surface area contributed by atoms with Crippen molar-refractivity contribution >= 4 is 17.4 Å². The molecule has 0 aliphatic heterocycles. The van der Waals surface area contributed by atoms with Crippen LogP contribution in [0.3, 0.4) is 0 Å². The molecule has 4 heteroatoms. The molecule has 0 fully saturated rings. The van der Waals surface area contributed by atoms with Crippen LogP contribution in [-0.4, -0.2) is 4.98 Å². The van der Waals surface area contributed by atoms with Crippen LogP contribution in [0.5, 0.6) is 0 Å². The Kier molecular flexibility index (Phi) is 2.29. The Balaban J connectivity index is 3.01. The molecule has 1 rings (SSSR count). The molecule has 0 spiro atoms. The van der Waals surface area contributed by atoms with E-state index in [0.29, 0.717) is 16.5 Å². The lowest BCUT2D eigenvalue weighted by Gasteiger charge is -1.96. The van der Waals surface area contributed by atoms with Gasteiger partial charge in [0.25, 0.3) is 0 Å². The normalized spacial score (nSPS) is 9.09. The van der Waals surface area contributed by atoms with Gasteiger partial charge in [0.15, 0.2) is 0 Å². The van der Waals surface area contributed by atoms with E-state index in [1.807, 2.05) is 6.07 Å². The van der Waals surface area contributed by atoms with E-state index < -0.39 is 0 Å². The molecule has 1 aromatic rings. The van der Waals surface area contributed by atoms with Crippen LogP contribution in [0.25, 0.3) is 0 Å². The quantitative estimate of drug-likeness (QED) is 0.688. The van der Waals surface area contributed by atoms with Crippen molar-refractivity contribution in [3.05, 3.63) is 22.8 Å². The Bertz CT molecular complexity index is 283. The summed E-state index contributed by atoms with van der Waals surface area (Å²) in [6.07, 6.45) is 0.241. The summed E-state index contributed by atoms with van der Waals surface area (Å²) in [7, 11) is 0. The second-order valence-electron chi connectivity index (χ2n) is 2.04. The van der Waals surface area contributed by atoms with Gasteiger partial charge in [-0.2, -0.15) is 5.26 Å². The molecule has 1 aromatic heterocycles. The standard InChI is InChI=1S/C7H6ClN3/c8-5-3-6(1-2-9)11-7(10)4-5/h3-4H,1H2,(H2,10,11). The highest BCUT2D eigenvalue weighted by molar-refractivity contribution is 6.30. The molecule has 0 saturated carbocycles. The van der Waals surface area contributed by atoms with E-state index in [1.54, 1.807) is 12.1 Å². The lowest BCUT2D eigenvalue weighted by molar-refractivity contribution is 1.12. The highest BCUT2D eigenvalue weighted by Crippen LogP contribution is 2.12. The van der Waals surface area contributed by atoms with E-state index >= 15 is 0 Å². The van der Waals surface area contributed by atoms with E-state index in [-0.39, 0.29) is 6.42 Å². The topological polar surface area (TPSA) is 62.7 Å². The Morgan fingerprint density at radius 3 is 2.91 bits per heavy atom. The summed E-state index contributed by atoms with van der Waals surface area (Å²) in [4.78, 5) is 3.89. The molecule has 2 N–H and O–H groups in total. The number of hydrogen-bond acceptors (Lipinski definition) is 3. The van der Waals surface area contributed by atoms with Gasteiger partial charge in [0.1, 0.15) is 5.82 Å². The number of hydrogen-bond donors (Lipinski definition) is 1. The lowest BCUT2D eigenvalue weighted by atomic mass is 10.3. The van der Waals surface area contributed by atoms with Gasteiger partial charge in [-0.15, -0.1) is 0 Å². The lowest BCUT2D eigenvalue weighted by Crippen LogP contribution is -1.94. The number of pyridine rings is 1. The average Bonchev–Trinajstić information content (AvgIpc) is 1.85. The van der Waals surface area contributed by atoms with Crippen LogP contribution in [0.4, 0.5) is 5.82 Å². The van der Waals surface area contributed by atoms with E-state index in [1.165, 1.54) is 0 Å². The van der Waals surface area contributed by atoms with Crippen molar-refractivity contribution < 1.29 is 0 Å². The number of halogens is 1. The Morgan fingerprint density at radius 2 is 2.36 bits per heavy atom. The zero-order valence-electron chi connectivity index (χ0n) is 5.71. The molecule has 0 atom stereocenters. The van der Waals surface area contributed by atoms with Gasteiger partial charge in [-0.25, -0.2) is 4.98 Å². The number of aromatic nitrogens is 1. The first-order chi connectivity index (χ1) is 5.22. The molecule has 3 nitrogen and oxygen atoms in total. The van der Waals surface area contributed by atoms with Crippen molar-refractivity contribution in [3.8, 4) is 6.07 Å². The Labute approximate surface area is 69.4 Å². The number of rotatable bonds is 1. The first-order valence-corrected chi connectivity index (χ1v) is 3.39. The van der Waals surface area contributed by atoms with Crippen molar-refractivity contribution in [2.45, 2.75) is 6.42 Å². The maximum absolute atomic E-state index is 8.33. The smallest absolute Gasteiger partial charge is 0.125 e. The molecular formula is C7H6ClN3. The third-order valence-electron chi connectivity index (χ3n) is 1.12. The van der Waals surface area contributed by atoms with Crippen LogP contribution in [0.1, 0.15) is 5.69 Å². The Hall–Kier alpha value is -1.27. The Morgan fingerprint density at radius 1 is 1.64 bits per heavy atom. The number of nitrogen functional groups attached to an aromatic ring is 1. The van der Waals surface area contributed by atoms with Crippen LogP contribution >= 0.6 is 11.6 Å². The fourth-order valence-electron chi connectivity index (χ4n) is 0.744. The van der Waals surface area contributed by atoms with E-state index in [0.717, 1.165) is 0 Å². The maximum atomic E-state index is 8.33. The van der Waals surface area contributed by atoms with Crippen LogP contribution in [-0.2, 0) is 6.42 Å². The van der Waals surface area contributed by atoms with Gasteiger partial charge < -0.3 is 5.73 Å². The van der Waals surface area contributed by atoms with Gasteiger partial charge in [-0.05, 0) is 12.1 Å². The summed E-state index contributed by atoms with van der Waals surface area (Å²) in [6.45, 7) is 0. The second kappa shape index (κ2) is 3.22. The average molecular weight is 168 g/mol. The maximum Gasteiger partial charge on any atom is 0.125 e. The summed E-state index contributed by atoms with van der Waals surface area (Å²) in [5.74, 6) is 0.350. The second-order valence-corrected chi connectivity index (χ2v) is 2.47. The zero-order valence-corrected chi connectivity index (χ0v) is 6.47. The van der Waals surface area contributed by atoms with Crippen molar-refractivity contribution in [1.29, 1.82) is 5.26 Å². The highest BCUT2D eigenvalue weighted by atomic mass is 35.5. The van der Waals surface area contributed by atoms with Gasteiger partial charge in [0.05, 0.1) is 18.2 Å². The molecule has 11 heavy (non-hydrogen) atoms. The van der Waals surface area contributed by atoms with Crippen LogP contribution in [0, 0.1) is 11.3 Å². The molecule has 56 valence electrons. The van der Waals surface area contributed by atoms with Crippen molar-refractivity contribution in [2.24, 2.45) is 0 Å². The van der Waals surface area contributed by atoms with E-state index in [2.05, 4.69) is 4.98 Å². The molecule has 1 heterocycles. The third-order valence-corrected chi connectivity index (χ3v) is 1.34. The minimum atomic E-state index is 0.241. The fourth-order valence-corrected chi connectivity index (χ4v) is 0.982. The van der Waals surface area contributed by atoms with Gasteiger partial charge >= 0.3 is 0 Å². The molecule has 0 amide bonds. The molecule has 0 unspecified atom stereocenters. The summed E-state index contributed by atoms with van der Waals surface area (Å²) < 4.78 is 0. The summed E-state index contributed by atoms with van der Waals surface area (Å²) >= 11 is 5.66. The first-order valence-electron chi connectivity index (χ1n) is 3.01.